The van der Waals surface area contributed by atoms with Crippen LogP contribution in [0.2, 0.25) is 0 Å². The Balaban J connectivity index is 1.58. The average Bonchev–Trinajstić information content (AvgIpc) is 3.23. The number of hydrogen-bond acceptors (Lipinski definition) is 5. The Labute approximate surface area is 188 Å². The Morgan fingerprint density at radius 3 is 2.55 bits per heavy atom. The molecule has 7 nitrogen and oxygen atoms in total. The van der Waals surface area contributed by atoms with Crippen molar-refractivity contribution in [3.05, 3.63) is 29.8 Å². The Bertz CT molecular complexity index is 673. The molecule has 0 aromatic heterocycles. The van der Waals surface area contributed by atoms with E-state index in [1.807, 2.05) is 19.2 Å². The van der Waals surface area contributed by atoms with E-state index in [1.54, 1.807) is 7.11 Å². The zero-order valence-corrected chi connectivity index (χ0v) is 19.8. The fourth-order valence-electron chi connectivity index (χ4n) is 4.64. The SMILES string of the molecule is CN=C(NCC(c1ccc(OC)cc1)N1CCOCC1)NC[C@H]1CCCN1CC(C)C. The number of likely N-dealkylation sites (tertiary alicyclic amines) is 1. The highest BCUT2D eigenvalue weighted by Crippen LogP contribution is 2.24. The van der Waals surface area contributed by atoms with Gasteiger partial charge in [-0.3, -0.25) is 14.8 Å². The van der Waals surface area contributed by atoms with Crippen LogP contribution in [0.5, 0.6) is 5.75 Å². The number of ether oxygens (including phenoxy) is 2. The van der Waals surface area contributed by atoms with E-state index < -0.39 is 0 Å². The number of nitrogens with one attached hydrogen (secondary N) is 2. The van der Waals surface area contributed by atoms with Crippen LogP contribution >= 0.6 is 0 Å². The lowest BCUT2D eigenvalue weighted by Gasteiger charge is -2.35. The van der Waals surface area contributed by atoms with Gasteiger partial charge in [0.25, 0.3) is 0 Å². The molecule has 2 N–H and O–H groups in total. The maximum Gasteiger partial charge on any atom is 0.191 e. The van der Waals surface area contributed by atoms with Crippen molar-refractivity contribution in [3.63, 3.8) is 0 Å². The highest BCUT2D eigenvalue weighted by Gasteiger charge is 2.26. The molecule has 0 radical (unpaired) electrons. The lowest BCUT2D eigenvalue weighted by atomic mass is 10.0. The smallest absolute Gasteiger partial charge is 0.191 e. The Hall–Kier alpha value is -1.83. The summed E-state index contributed by atoms with van der Waals surface area (Å²) in [4.78, 5) is 9.60. The van der Waals surface area contributed by atoms with Gasteiger partial charge in [0, 0.05) is 45.8 Å². The predicted molar refractivity (Wildman–Crippen MR) is 127 cm³/mol. The second-order valence-electron chi connectivity index (χ2n) is 8.96. The van der Waals surface area contributed by atoms with Crippen molar-refractivity contribution in [2.45, 2.75) is 38.8 Å². The van der Waals surface area contributed by atoms with Crippen LogP contribution < -0.4 is 15.4 Å². The zero-order chi connectivity index (χ0) is 22.1. The van der Waals surface area contributed by atoms with Gasteiger partial charge in [-0.2, -0.15) is 0 Å². The van der Waals surface area contributed by atoms with Crippen LogP contribution in [0.3, 0.4) is 0 Å². The molecule has 0 bridgehead atoms. The van der Waals surface area contributed by atoms with Crippen LogP contribution in [0.15, 0.2) is 29.3 Å². The molecule has 0 saturated carbocycles. The minimum Gasteiger partial charge on any atom is -0.497 e. The number of morpholine rings is 1. The molecule has 1 aromatic rings. The molecule has 2 heterocycles. The first-order chi connectivity index (χ1) is 15.1. The van der Waals surface area contributed by atoms with Crippen LogP contribution in [-0.2, 0) is 4.74 Å². The summed E-state index contributed by atoms with van der Waals surface area (Å²) in [5.41, 5.74) is 1.28. The molecule has 2 saturated heterocycles. The summed E-state index contributed by atoms with van der Waals surface area (Å²) < 4.78 is 10.9. The van der Waals surface area contributed by atoms with Crippen molar-refractivity contribution >= 4 is 5.96 Å². The van der Waals surface area contributed by atoms with Gasteiger partial charge in [-0.1, -0.05) is 26.0 Å². The monoisotopic (exact) mass is 431 g/mol. The highest BCUT2D eigenvalue weighted by molar-refractivity contribution is 5.79. The van der Waals surface area contributed by atoms with Gasteiger partial charge < -0.3 is 20.1 Å². The number of guanidine groups is 1. The first kappa shape index (κ1) is 23.8. The molecular formula is C24H41N5O2. The number of aliphatic imine (C=N–C) groups is 1. The Morgan fingerprint density at radius 1 is 1.16 bits per heavy atom. The minimum absolute atomic E-state index is 0.261. The third-order valence-corrected chi connectivity index (χ3v) is 6.28. The number of nitrogens with zero attached hydrogens (tertiary/aromatic N) is 3. The van der Waals surface area contributed by atoms with Crippen LogP contribution in [0.25, 0.3) is 0 Å². The predicted octanol–water partition coefficient (Wildman–Crippen LogP) is 2.35. The van der Waals surface area contributed by atoms with Gasteiger partial charge in [-0.05, 0) is 43.0 Å². The minimum atomic E-state index is 0.261. The molecule has 2 fully saturated rings. The molecular weight excluding hydrogens is 390 g/mol. The first-order valence-corrected chi connectivity index (χ1v) is 11.7. The number of benzene rings is 1. The first-order valence-electron chi connectivity index (χ1n) is 11.7. The quantitative estimate of drug-likeness (QED) is 0.462. The van der Waals surface area contributed by atoms with Crippen LogP contribution in [0, 0.1) is 5.92 Å². The molecule has 0 amide bonds. The maximum atomic E-state index is 5.58. The molecule has 3 rings (SSSR count). The molecule has 0 aliphatic carbocycles. The summed E-state index contributed by atoms with van der Waals surface area (Å²) in [6, 6.07) is 9.27. The van der Waals surface area contributed by atoms with Gasteiger partial charge in [-0.25, -0.2) is 0 Å². The second kappa shape index (κ2) is 12.3. The largest absolute Gasteiger partial charge is 0.497 e. The van der Waals surface area contributed by atoms with Gasteiger partial charge in [0.05, 0.1) is 26.4 Å². The van der Waals surface area contributed by atoms with E-state index in [0.717, 1.165) is 51.1 Å². The summed E-state index contributed by atoms with van der Waals surface area (Å²) >= 11 is 0. The molecule has 0 spiro atoms. The lowest BCUT2D eigenvalue weighted by molar-refractivity contribution is 0.0170. The lowest BCUT2D eigenvalue weighted by Crippen LogP contribution is -2.48. The number of rotatable bonds is 9. The topological polar surface area (TPSA) is 61.4 Å². The van der Waals surface area contributed by atoms with Crippen molar-refractivity contribution in [3.8, 4) is 5.75 Å². The molecule has 31 heavy (non-hydrogen) atoms. The third kappa shape index (κ3) is 7.09. The molecule has 2 atom stereocenters. The summed E-state index contributed by atoms with van der Waals surface area (Å²) in [5, 5.41) is 7.16. The zero-order valence-electron chi connectivity index (χ0n) is 19.8. The van der Waals surface area contributed by atoms with Crippen LogP contribution in [0.1, 0.15) is 38.3 Å². The van der Waals surface area contributed by atoms with Crippen molar-refractivity contribution in [1.82, 2.24) is 20.4 Å². The number of methoxy groups -OCH3 is 1. The summed E-state index contributed by atoms with van der Waals surface area (Å²) in [5.74, 6) is 2.47. The fraction of sp³-hybridized carbons (Fsp3) is 0.708. The number of hydrogen-bond donors (Lipinski definition) is 2. The van der Waals surface area contributed by atoms with E-state index in [1.165, 1.54) is 31.5 Å². The molecule has 174 valence electrons. The van der Waals surface area contributed by atoms with E-state index >= 15 is 0 Å². The molecule has 1 aromatic carbocycles. The standard InChI is InChI=1S/C24H41N5O2/c1-19(2)18-29-11-5-6-21(29)16-26-24(25-3)27-17-23(28-12-14-31-15-13-28)20-7-9-22(30-4)10-8-20/h7-10,19,21,23H,5-6,11-18H2,1-4H3,(H2,25,26,27)/t21-,23?/m1/s1. The fourth-order valence-corrected chi connectivity index (χ4v) is 4.64. The van der Waals surface area contributed by atoms with Gasteiger partial charge in [0.1, 0.15) is 5.75 Å². The maximum absolute atomic E-state index is 5.58. The highest BCUT2D eigenvalue weighted by atomic mass is 16.5. The van der Waals surface area contributed by atoms with Gasteiger partial charge in [0.15, 0.2) is 5.96 Å². The second-order valence-corrected chi connectivity index (χ2v) is 8.96. The van der Waals surface area contributed by atoms with Gasteiger partial charge in [0.2, 0.25) is 0 Å². The van der Waals surface area contributed by atoms with Crippen molar-refractivity contribution in [2.24, 2.45) is 10.9 Å². The van der Waals surface area contributed by atoms with E-state index in [2.05, 4.69) is 51.4 Å². The molecule has 1 unspecified atom stereocenters. The van der Waals surface area contributed by atoms with E-state index in [9.17, 15) is 0 Å². The normalized spacial score (nSPS) is 22.0. The third-order valence-electron chi connectivity index (χ3n) is 6.28. The van der Waals surface area contributed by atoms with Crippen molar-refractivity contribution in [1.29, 1.82) is 0 Å². The molecule has 7 heteroatoms. The van der Waals surface area contributed by atoms with E-state index in [-0.39, 0.29) is 6.04 Å². The summed E-state index contributed by atoms with van der Waals surface area (Å²) in [6.45, 7) is 12.2. The van der Waals surface area contributed by atoms with E-state index in [0.29, 0.717) is 12.0 Å². The Morgan fingerprint density at radius 2 is 1.90 bits per heavy atom. The van der Waals surface area contributed by atoms with Gasteiger partial charge in [-0.15, -0.1) is 0 Å². The van der Waals surface area contributed by atoms with Crippen LogP contribution in [-0.4, -0.2) is 88.4 Å². The van der Waals surface area contributed by atoms with Crippen molar-refractivity contribution < 1.29 is 9.47 Å². The van der Waals surface area contributed by atoms with Crippen molar-refractivity contribution in [2.75, 3.05) is 66.6 Å². The average molecular weight is 432 g/mol. The summed E-state index contributed by atoms with van der Waals surface area (Å²) in [6.07, 6.45) is 2.56. The summed E-state index contributed by atoms with van der Waals surface area (Å²) in [7, 11) is 3.56. The van der Waals surface area contributed by atoms with E-state index in [4.69, 9.17) is 9.47 Å². The van der Waals surface area contributed by atoms with Crippen LogP contribution in [0.4, 0.5) is 0 Å². The Kier molecular flexibility index (Phi) is 9.43. The van der Waals surface area contributed by atoms with Gasteiger partial charge >= 0.3 is 0 Å². The molecule has 2 aliphatic heterocycles. The molecule has 2 aliphatic rings.